The average Bonchev–Trinajstić information content (AvgIpc) is 3.06. The van der Waals surface area contributed by atoms with Crippen LogP contribution in [-0.4, -0.2) is 16.3 Å². The van der Waals surface area contributed by atoms with E-state index in [4.69, 9.17) is 16.0 Å². The van der Waals surface area contributed by atoms with Gasteiger partial charge >= 0.3 is 0 Å². The van der Waals surface area contributed by atoms with E-state index < -0.39 is 0 Å². The maximum atomic E-state index is 6.04. The van der Waals surface area contributed by atoms with Gasteiger partial charge in [-0.2, -0.15) is 5.10 Å². The van der Waals surface area contributed by atoms with Gasteiger partial charge in [-0.15, -0.1) is 0 Å². The quantitative estimate of drug-likeness (QED) is 0.777. The standard InChI is InChI=1S/C16H18ClN3O/c1-3-7-18-16(13-6-8-19-20(13)2)15-10-11-9-12(17)4-5-14(11)21-15/h4-6,8-10,16,18H,3,7H2,1-2H3. The van der Waals surface area contributed by atoms with Crippen molar-refractivity contribution in [3.63, 3.8) is 0 Å². The smallest absolute Gasteiger partial charge is 0.134 e. The number of hydrogen-bond acceptors (Lipinski definition) is 3. The van der Waals surface area contributed by atoms with E-state index in [2.05, 4.69) is 17.3 Å². The summed E-state index contributed by atoms with van der Waals surface area (Å²) in [6, 6.07) is 9.71. The zero-order valence-electron chi connectivity index (χ0n) is 12.1. The third-order valence-corrected chi connectivity index (χ3v) is 3.77. The minimum atomic E-state index is -0.0105. The van der Waals surface area contributed by atoms with Gasteiger partial charge in [0.1, 0.15) is 17.4 Å². The molecular weight excluding hydrogens is 286 g/mol. The molecule has 5 heteroatoms. The fourth-order valence-corrected chi connectivity index (χ4v) is 2.66. The molecule has 4 nitrogen and oxygen atoms in total. The normalized spacial score (nSPS) is 12.9. The number of rotatable bonds is 5. The Morgan fingerprint density at radius 2 is 2.19 bits per heavy atom. The summed E-state index contributed by atoms with van der Waals surface area (Å²) < 4.78 is 7.87. The minimum Gasteiger partial charge on any atom is -0.459 e. The molecule has 1 N–H and O–H groups in total. The lowest BCUT2D eigenvalue weighted by atomic mass is 10.1. The average molecular weight is 304 g/mol. The zero-order chi connectivity index (χ0) is 14.8. The van der Waals surface area contributed by atoms with Crippen LogP contribution in [0, 0.1) is 0 Å². The van der Waals surface area contributed by atoms with Crippen molar-refractivity contribution in [2.75, 3.05) is 6.54 Å². The summed E-state index contributed by atoms with van der Waals surface area (Å²) in [5, 5.41) is 9.50. The number of hydrogen-bond donors (Lipinski definition) is 1. The van der Waals surface area contributed by atoms with Crippen molar-refractivity contribution in [2.45, 2.75) is 19.4 Å². The summed E-state index contributed by atoms with van der Waals surface area (Å²) >= 11 is 6.04. The van der Waals surface area contributed by atoms with Crippen LogP contribution < -0.4 is 5.32 Å². The van der Waals surface area contributed by atoms with Crippen molar-refractivity contribution in [1.82, 2.24) is 15.1 Å². The fourth-order valence-electron chi connectivity index (χ4n) is 2.48. The first-order valence-corrected chi connectivity index (χ1v) is 7.47. The van der Waals surface area contributed by atoms with Gasteiger partial charge in [0.15, 0.2) is 0 Å². The van der Waals surface area contributed by atoms with Crippen molar-refractivity contribution < 1.29 is 4.42 Å². The second-order valence-corrected chi connectivity index (χ2v) is 5.53. The molecule has 0 bridgehead atoms. The largest absolute Gasteiger partial charge is 0.459 e. The van der Waals surface area contributed by atoms with Crippen LogP contribution in [0.5, 0.6) is 0 Å². The molecule has 0 radical (unpaired) electrons. The summed E-state index contributed by atoms with van der Waals surface area (Å²) in [5.41, 5.74) is 1.92. The topological polar surface area (TPSA) is 43.0 Å². The van der Waals surface area contributed by atoms with Gasteiger partial charge in [-0.3, -0.25) is 4.68 Å². The molecule has 1 unspecified atom stereocenters. The molecule has 3 aromatic rings. The van der Waals surface area contributed by atoms with Crippen LogP contribution in [0.25, 0.3) is 11.0 Å². The van der Waals surface area contributed by atoms with Crippen LogP contribution in [0.2, 0.25) is 5.02 Å². The fraction of sp³-hybridized carbons (Fsp3) is 0.312. The molecule has 2 aromatic heterocycles. The number of nitrogens with one attached hydrogen (secondary N) is 1. The number of furan rings is 1. The lowest BCUT2D eigenvalue weighted by molar-refractivity contribution is 0.452. The zero-order valence-corrected chi connectivity index (χ0v) is 12.9. The second-order valence-electron chi connectivity index (χ2n) is 5.10. The minimum absolute atomic E-state index is 0.0105. The molecule has 2 heterocycles. The van der Waals surface area contributed by atoms with Gasteiger partial charge in [0.05, 0.1) is 5.69 Å². The van der Waals surface area contributed by atoms with Gasteiger partial charge in [0.25, 0.3) is 0 Å². The number of benzene rings is 1. The van der Waals surface area contributed by atoms with Crippen molar-refractivity contribution in [1.29, 1.82) is 0 Å². The Morgan fingerprint density at radius 1 is 1.33 bits per heavy atom. The summed E-state index contributed by atoms with van der Waals surface area (Å²) in [6.45, 7) is 3.05. The summed E-state index contributed by atoms with van der Waals surface area (Å²) in [7, 11) is 1.94. The monoisotopic (exact) mass is 303 g/mol. The summed E-state index contributed by atoms with van der Waals surface area (Å²) in [6.07, 6.45) is 2.86. The highest BCUT2D eigenvalue weighted by Crippen LogP contribution is 2.29. The Bertz CT molecular complexity index is 747. The first-order chi connectivity index (χ1) is 10.2. The highest BCUT2D eigenvalue weighted by atomic mass is 35.5. The summed E-state index contributed by atoms with van der Waals surface area (Å²) in [5.74, 6) is 0.879. The highest BCUT2D eigenvalue weighted by molar-refractivity contribution is 6.31. The molecule has 110 valence electrons. The van der Waals surface area contributed by atoms with E-state index in [1.165, 1.54) is 0 Å². The Kier molecular flexibility index (Phi) is 3.99. The highest BCUT2D eigenvalue weighted by Gasteiger charge is 2.20. The number of halogens is 1. The Labute approximate surface area is 128 Å². The van der Waals surface area contributed by atoms with Crippen molar-refractivity contribution in [3.05, 3.63) is 53.0 Å². The molecule has 0 spiro atoms. The second kappa shape index (κ2) is 5.92. The number of nitrogens with zero attached hydrogens (tertiary/aromatic N) is 2. The Morgan fingerprint density at radius 3 is 2.90 bits per heavy atom. The molecule has 3 rings (SSSR count). The maximum Gasteiger partial charge on any atom is 0.134 e. The van der Waals surface area contributed by atoms with Gasteiger partial charge in [-0.1, -0.05) is 18.5 Å². The van der Waals surface area contributed by atoms with Crippen LogP contribution >= 0.6 is 11.6 Å². The lowest BCUT2D eigenvalue weighted by Gasteiger charge is -2.16. The number of aryl methyl sites for hydroxylation is 1. The molecule has 0 aliphatic heterocycles. The van der Waals surface area contributed by atoms with E-state index in [1.807, 2.05) is 42.1 Å². The summed E-state index contributed by atoms with van der Waals surface area (Å²) in [4.78, 5) is 0. The SMILES string of the molecule is CCCNC(c1cc2cc(Cl)ccc2o1)c1ccnn1C. The van der Waals surface area contributed by atoms with Crippen LogP contribution in [0.3, 0.4) is 0 Å². The third-order valence-electron chi connectivity index (χ3n) is 3.53. The third kappa shape index (κ3) is 2.82. The predicted molar refractivity (Wildman–Crippen MR) is 84.6 cm³/mol. The van der Waals surface area contributed by atoms with E-state index in [0.29, 0.717) is 5.02 Å². The molecule has 0 saturated heterocycles. The van der Waals surface area contributed by atoms with Gasteiger partial charge in [0, 0.05) is 23.7 Å². The van der Waals surface area contributed by atoms with E-state index in [1.54, 1.807) is 6.20 Å². The Balaban J connectivity index is 2.03. The molecule has 1 aromatic carbocycles. The number of aromatic nitrogens is 2. The van der Waals surface area contributed by atoms with Crippen LogP contribution in [0.1, 0.15) is 30.8 Å². The molecule has 0 saturated carbocycles. The molecule has 21 heavy (non-hydrogen) atoms. The van der Waals surface area contributed by atoms with E-state index in [9.17, 15) is 0 Å². The molecule has 0 amide bonds. The Hall–Kier alpha value is -1.78. The van der Waals surface area contributed by atoms with Crippen molar-refractivity contribution in [2.24, 2.45) is 7.05 Å². The first kappa shape index (κ1) is 14.2. The molecule has 0 aliphatic rings. The van der Waals surface area contributed by atoms with Crippen LogP contribution in [0.4, 0.5) is 0 Å². The van der Waals surface area contributed by atoms with Gasteiger partial charge < -0.3 is 9.73 Å². The van der Waals surface area contributed by atoms with Gasteiger partial charge in [-0.05, 0) is 43.3 Å². The molecule has 0 aliphatic carbocycles. The van der Waals surface area contributed by atoms with Crippen LogP contribution in [-0.2, 0) is 7.05 Å². The maximum absolute atomic E-state index is 6.04. The van der Waals surface area contributed by atoms with E-state index >= 15 is 0 Å². The number of fused-ring (bicyclic) bond motifs is 1. The predicted octanol–water partition coefficient (Wildman–Crippen LogP) is 3.91. The molecular formula is C16H18ClN3O. The molecule has 0 fully saturated rings. The lowest BCUT2D eigenvalue weighted by Crippen LogP contribution is -2.24. The van der Waals surface area contributed by atoms with Crippen LogP contribution in [0.15, 0.2) is 40.9 Å². The van der Waals surface area contributed by atoms with E-state index in [0.717, 1.165) is 35.4 Å². The van der Waals surface area contributed by atoms with Gasteiger partial charge in [-0.25, -0.2) is 0 Å². The van der Waals surface area contributed by atoms with Crippen molar-refractivity contribution >= 4 is 22.6 Å². The van der Waals surface area contributed by atoms with E-state index in [-0.39, 0.29) is 6.04 Å². The first-order valence-electron chi connectivity index (χ1n) is 7.09. The van der Waals surface area contributed by atoms with Gasteiger partial charge in [0.2, 0.25) is 0 Å². The van der Waals surface area contributed by atoms with Crippen molar-refractivity contribution in [3.8, 4) is 0 Å². The molecule has 1 atom stereocenters.